The number of methoxy groups -OCH3 is 2. The molecule has 1 N–H and O–H groups in total. The maximum absolute atomic E-state index is 11.5. The molecule has 0 aliphatic heterocycles. The van der Waals surface area contributed by atoms with Crippen molar-refractivity contribution in [2.75, 3.05) is 34.4 Å². The minimum Gasteiger partial charge on any atom is -0.493 e. The lowest BCUT2D eigenvalue weighted by atomic mass is 9.61. The third-order valence-corrected chi connectivity index (χ3v) is 7.42. The molecule has 2 aromatic carbocycles. The van der Waals surface area contributed by atoms with E-state index in [4.69, 9.17) is 9.47 Å². The van der Waals surface area contributed by atoms with E-state index < -0.39 is 5.60 Å². The van der Waals surface area contributed by atoms with Crippen molar-refractivity contribution < 1.29 is 14.6 Å². The van der Waals surface area contributed by atoms with Gasteiger partial charge in [-0.1, -0.05) is 42.5 Å². The fourth-order valence-corrected chi connectivity index (χ4v) is 5.52. The van der Waals surface area contributed by atoms with E-state index in [2.05, 4.69) is 60.5 Å². The van der Waals surface area contributed by atoms with Gasteiger partial charge in [-0.15, -0.1) is 0 Å². The van der Waals surface area contributed by atoms with Crippen molar-refractivity contribution in [1.82, 2.24) is 4.90 Å². The standard InChI is InChI=1S/C28H37NO3/c1-29(16-7-8-21-11-14-26(31-2)27(18-21)32-3)17-15-28(30)20-23-12-13-24(28)19-25(23)22-9-5-4-6-10-22/h4-6,9-11,14,18-19,23-24,30H,7-8,12-13,15-17,20H2,1-3H3/t23-,24-,28+/m0/s1. The number of fused-ring (bicyclic) bond motifs is 2. The summed E-state index contributed by atoms with van der Waals surface area (Å²) >= 11 is 0. The largest absolute Gasteiger partial charge is 0.493 e. The second kappa shape index (κ2) is 10.1. The van der Waals surface area contributed by atoms with Crippen LogP contribution in [0.3, 0.4) is 0 Å². The predicted octanol–water partition coefficient (Wildman–Crippen LogP) is 5.20. The van der Waals surface area contributed by atoms with Gasteiger partial charge in [-0.2, -0.15) is 0 Å². The number of ether oxygens (including phenoxy) is 2. The molecule has 0 amide bonds. The Balaban J connectivity index is 1.27. The van der Waals surface area contributed by atoms with Crippen LogP contribution in [0, 0.1) is 11.8 Å². The second-order valence-corrected chi connectivity index (χ2v) is 9.52. The third-order valence-electron chi connectivity index (χ3n) is 7.42. The lowest BCUT2D eigenvalue weighted by Gasteiger charge is -2.48. The molecule has 172 valence electrons. The van der Waals surface area contributed by atoms with Crippen LogP contribution in [0.25, 0.3) is 5.57 Å². The zero-order chi connectivity index (χ0) is 22.6. The number of nitrogens with zero attached hydrogens (tertiary/aromatic N) is 1. The van der Waals surface area contributed by atoms with Crippen molar-refractivity contribution >= 4 is 5.57 Å². The molecule has 3 aliphatic rings. The Morgan fingerprint density at radius 3 is 2.47 bits per heavy atom. The first kappa shape index (κ1) is 22.9. The van der Waals surface area contributed by atoms with Crippen molar-refractivity contribution in [2.45, 2.75) is 44.1 Å². The van der Waals surface area contributed by atoms with Gasteiger partial charge in [0, 0.05) is 12.5 Å². The van der Waals surface area contributed by atoms with E-state index in [1.165, 1.54) is 23.1 Å². The fraction of sp³-hybridized carbons (Fsp3) is 0.500. The maximum atomic E-state index is 11.5. The van der Waals surface area contributed by atoms with E-state index in [9.17, 15) is 5.11 Å². The molecule has 0 heterocycles. The molecule has 3 aliphatic carbocycles. The molecular weight excluding hydrogens is 398 g/mol. The first-order chi connectivity index (χ1) is 15.5. The van der Waals surface area contributed by atoms with Crippen LogP contribution < -0.4 is 9.47 Å². The summed E-state index contributed by atoms with van der Waals surface area (Å²) < 4.78 is 10.7. The van der Waals surface area contributed by atoms with Crippen molar-refractivity contribution in [3.8, 4) is 11.5 Å². The van der Waals surface area contributed by atoms with Crippen LogP contribution in [0.1, 0.15) is 43.2 Å². The molecule has 2 aromatic rings. The summed E-state index contributed by atoms with van der Waals surface area (Å²) in [7, 11) is 5.51. The van der Waals surface area contributed by atoms with Crippen molar-refractivity contribution in [2.24, 2.45) is 11.8 Å². The molecule has 2 bridgehead atoms. The Morgan fingerprint density at radius 2 is 1.78 bits per heavy atom. The van der Waals surface area contributed by atoms with Crippen molar-refractivity contribution in [1.29, 1.82) is 0 Å². The van der Waals surface area contributed by atoms with Gasteiger partial charge < -0.3 is 19.5 Å². The van der Waals surface area contributed by atoms with Gasteiger partial charge in [-0.25, -0.2) is 0 Å². The Kier molecular flexibility index (Phi) is 7.22. The number of rotatable bonds is 10. The Hall–Kier alpha value is -2.30. The summed E-state index contributed by atoms with van der Waals surface area (Å²) in [5.41, 5.74) is 3.49. The summed E-state index contributed by atoms with van der Waals surface area (Å²) in [6.07, 6.45) is 8.52. The molecule has 4 heteroatoms. The van der Waals surface area contributed by atoms with Crippen LogP contribution in [0.2, 0.25) is 0 Å². The normalized spacial score (nSPS) is 24.5. The van der Waals surface area contributed by atoms with Crippen LogP contribution in [0.15, 0.2) is 54.6 Å². The number of allylic oxidation sites excluding steroid dienone is 1. The summed E-state index contributed by atoms with van der Waals surface area (Å²) in [6, 6.07) is 16.9. The van der Waals surface area contributed by atoms with Crippen LogP contribution in [-0.2, 0) is 6.42 Å². The maximum Gasteiger partial charge on any atom is 0.160 e. The van der Waals surface area contributed by atoms with Gasteiger partial charge in [0.15, 0.2) is 11.5 Å². The van der Waals surface area contributed by atoms with Gasteiger partial charge in [-0.3, -0.25) is 0 Å². The topological polar surface area (TPSA) is 41.9 Å². The average Bonchev–Trinajstić information content (AvgIpc) is 2.83. The smallest absolute Gasteiger partial charge is 0.160 e. The minimum atomic E-state index is -0.557. The highest BCUT2D eigenvalue weighted by Gasteiger charge is 2.46. The van der Waals surface area contributed by atoms with Gasteiger partial charge in [0.25, 0.3) is 0 Å². The van der Waals surface area contributed by atoms with Crippen LogP contribution in [0.4, 0.5) is 0 Å². The minimum absolute atomic E-state index is 0.280. The van der Waals surface area contributed by atoms with Gasteiger partial charge >= 0.3 is 0 Å². The molecule has 32 heavy (non-hydrogen) atoms. The van der Waals surface area contributed by atoms with Gasteiger partial charge in [0.2, 0.25) is 0 Å². The van der Waals surface area contributed by atoms with E-state index in [0.717, 1.165) is 56.7 Å². The number of hydrogen-bond acceptors (Lipinski definition) is 4. The monoisotopic (exact) mass is 435 g/mol. The number of benzene rings is 2. The van der Waals surface area contributed by atoms with E-state index in [1.807, 2.05) is 6.07 Å². The molecule has 3 atom stereocenters. The van der Waals surface area contributed by atoms with E-state index in [0.29, 0.717) is 5.92 Å². The molecule has 0 spiro atoms. The van der Waals surface area contributed by atoms with Gasteiger partial charge in [0.1, 0.15) is 0 Å². The van der Waals surface area contributed by atoms with Crippen LogP contribution >= 0.6 is 0 Å². The average molecular weight is 436 g/mol. The lowest BCUT2D eigenvalue weighted by Crippen LogP contribution is -2.48. The number of hydrogen-bond donors (Lipinski definition) is 1. The molecule has 1 saturated carbocycles. The van der Waals surface area contributed by atoms with Crippen LogP contribution in [0.5, 0.6) is 11.5 Å². The number of aryl methyl sites for hydroxylation is 1. The zero-order valence-electron chi connectivity index (χ0n) is 19.7. The Morgan fingerprint density at radius 1 is 1.00 bits per heavy atom. The fourth-order valence-electron chi connectivity index (χ4n) is 5.52. The SMILES string of the molecule is COc1ccc(CCCN(C)CC[C@@]2(O)C[C@@H]3CC[C@H]2C=C3c2ccccc2)cc1OC. The first-order valence-corrected chi connectivity index (χ1v) is 11.9. The molecule has 5 rings (SSSR count). The van der Waals surface area contributed by atoms with Crippen molar-refractivity contribution in [3.05, 3.63) is 65.7 Å². The van der Waals surface area contributed by atoms with Crippen molar-refractivity contribution in [3.63, 3.8) is 0 Å². The highest BCUT2D eigenvalue weighted by atomic mass is 16.5. The highest BCUT2D eigenvalue weighted by Crippen LogP contribution is 2.51. The summed E-state index contributed by atoms with van der Waals surface area (Å²) in [6.45, 7) is 1.95. The molecule has 4 nitrogen and oxygen atoms in total. The van der Waals surface area contributed by atoms with Gasteiger partial charge in [0.05, 0.1) is 19.8 Å². The van der Waals surface area contributed by atoms with Gasteiger partial charge in [-0.05, 0) is 86.9 Å². The zero-order valence-corrected chi connectivity index (χ0v) is 19.7. The van der Waals surface area contributed by atoms with E-state index in [-0.39, 0.29) is 5.92 Å². The Bertz CT molecular complexity index is 926. The Labute approximate surface area is 192 Å². The third kappa shape index (κ3) is 5.02. The molecular formula is C28H37NO3. The molecule has 0 radical (unpaired) electrons. The second-order valence-electron chi connectivity index (χ2n) is 9.52. The summed E-state index contributed by atoms with van der Waals surface area (Å²) in [4.78, 5) is 2.36. The molecule has 0 saturated heterocycles. The first-order valence-electron chi connectivity index (χ1n) is 11.9. The molecule has 0 unspecified atom stereocenters. The van der Waals surface area contributed by atoms with Crippen LogP contribution in [-0.4, -0.2) is 50.0 Å². The van der Waals surface area contributed by atoms with E-state index in [1.54, 1.807) is 14.2 Å². The summed E-state index contributed by atoms with van der Waals surface area (Å²) in [5.74, 6) is 2.33. The highest BCUT2D eigenvalue weighted by molar-refractivity contribution is 5.69. The quantitative estimate of drug-likeness (QED) is 0.557. The molecule has 0 aromatic heterocycles. The molecule has 1 fully saturated rings. The lowest BCUT2D eigenvalue weighted by molar-refractivity contribution is -0.0574. The number of aliphatic hydroxyl groups is 1. The van der Waals surface area contributed by atoms with E-state index >= 15 is 0 Å². The predicted molar refractivity (Wildman–Crippen MR) is 130 cm³/mol. The summed E-state index contributed by atoms with van der Waals surface area (Å²) in [5, 5.41) is 11.5.